The molecule has 0 amide bonds. The zero-order chi connectivity index (χ0) is 8.84. The number of fused-ring (bicyclic) bond motifs is 1. The lowest BCUT2D eigenvalue weighted by Crippen LogP contribution is -2.17. The second-order valence-corrected chi connectivity index (χ2v) is 4.10. The Kier molecular flexibility index (Phi) is 1.41. The minimum atomic E-state index is 0.409. The van der Waals surface area contributed by atoms with Crippen molar-refractivity contribution in [1.29, 1.82) is 0 Å². The molecule has 1 saturated carbocycles. The molecule has 1 heterocycles. The molecule has 3 rings (SSSR count). The van der Waals surface area contributed by atoms with Crippen LogP contribution in [0.1, 0.15) is 18.0 Å². The van der Waals surface area contributed by atoms with Gasteiger partial charge in [-0.2, -0.15) is 0 Å². The Morgan fingerprint density at radius 2 is 2.15 bits per heavy atom. The van der Waals surface area contributed by atoms with Crippen LogP contribution in [-0.4, -0.2) is 11.7 Å². The maximum atomic E-state index is 9.67. The molecule has 1 saturated heterocycles. The zero-order valence-corrected chi connectivity index (χ0v) is 7.40. The van der Waals surface area contributed by atoms with Gasteiger partial charge in [0.2, 0.25) is 0 Å². The fourth-order valence-electron chi connectivity index (χ4n) is 2.43. The maximum absolute atomic E-state index is 9.67. The lowest BCUT2D eigenvalue weighted by Gasteiger charge is -2.14. The van der Waals surface area contributed by atoms with E-state index in [0.717, 1.165) is 23.9 Å². The number of benzene rings is 1. The van der Waals surface area contributed by atoms with Crippen LogP contribution in [0.5, 0.6) is 5.75 Å². The van der Waals surface area contributed by atoms with Crippen LogP contribution in [0, 0.1) is 11.8 Å². The van der Waals surface area contributed by atoms with Gasteiger partial charge in [-0.15, -0.1) is 0 Å². The predicted octanol–water partition coefficient (Wildman–Crippen LogP) is 1.67. The van der Waals surface area contributed by atoms with Gasteiger partial charge in [0.1, 0.15) is 5.75 Å². The van der Waals surface area contributed by atoms with E-state index in [1.165, 1.54) is 6.42 Å². The summed E-state index contributed by atoms with van der Waals surface area (Å²) in [5.74, 6) is 2.10. The molecule has 68 valence electrons. The first-order chi connectivity index (χ1) is 6.36. The number of nitrogens with one attached hydrogen (secondary N) is 1. The summed E-state index contributed by atoms with van der Waals surface area (Å²) in [4.78, 5) is 0. The van der Waals surface area contributed by atoms with Crippen LogP contribution in [-0.2, 0) is 0 Å². The zero-order valence-electron chi connectivity index (χ0n) is 7.40. The highest BCUT2D eigenvalue weighted by molar-refractivity contribution is 5.36. The van der Waals surface area contributed by atoms with Crippen LogP contribution in [0.15, 0.2) is 24.3 Å². The Bertz CT molecular complexity index is 337. The minimum absolute atomic E-state index is 0.409. The third-order valence-corrected chi connectivity index (χ3v) is 3.28. The highest BCUT2D eigenvalue weighted by Crippen LogP contribution is 2.52. The molecule has 1 aromatic carbocycles. The normalized spacial score (nSPS) is 35.8. The van der Waals surface area contributed by atoms with Crippen LogP contribution in [0.4, 0.5) is 0 Å². The van der Waals surface area contributed by atoms with Gasteiger partial charge in [-0.05, 0) is 30.9 Å². The van der Waals surface area contributed by atoms with Gasteiger partial charge in [0.05, 0.1) is 0 Å². The molecule has 2 nitrogen and oxygen atoms in total. The minimum Gasteiger partial charge on any atom is -0.508 e. The van der Waals surface area contributed by atoms with Crippen molar-refractivity contribution in [3.05, 3.63) is 29.8 Å². The van der Waals surface area contributed by atoms with Crippen molar-refractivity contribution in [2.75, 3.05) is 6.54 Å². The molecular formula is C11H13NO. The number of piperidine rings is 1. The second kappa shape index (κ2) is 2.48. The van der Waals surface area contributed by atoms with Crippen molar-refractivity contribution in [2.45, 2.75) is 12.5 Å². The number of hydrogen-bond acceptors (Lipinski definition) is 2. The molecule has 0 spiro atoms. The molecule has 3 unspecified atom stereocenters. The first-order valence-corrected chi connectivity index (χ1v) is 4.87. The molecule has 0 bridgehead atoms. The lowest BCUT2D eigenvalue weighted by atomic mass is 10.0. The Hall–Kier alpha value is -1.02. The van der Waals surface area contributed by atoms with Crippen molar-refractivity contribution in [2.24, 2.45) is 11.8 Å². The molecule has 1 aliphatic heterocycles. The second-order valence-electron chi connectivity index (χ2n) is 4.10. The number of rotatable bonds is 1. The summed E-state index contributed by atoms with van der Waals surface area (Å²) in [7, 11) is 0. The molecule has 2 heteroatoms. The first kappa shape index (κ1) is 7.39. The molecule has 3 atom stereocenters. The summed E-state index contributed by atoms with van der Waals surface area (Å²) in [5.41, 5.74) is 1.08. The summed E-state index contributed by atoms with van der Waals surface area (Å²) < 4.78 is 0. The lowest BCUT2D eigenvalue weighted by molar-refractivity contribution is 0.448. The van der Waals surface area contributed by atoms with Crippen molar-refractivity contribution >= 4 is 0 Å². The SMILES string of the molecule is Oc1ccccc1C1NCC2CC21. The standard InChI is InChI=1S/C11H13NO/c13-10-4-2-1-3-8(10)11-9-5-7(9)6-12-11/h1-4,7,9,11-13H,5-6H2. The Balaban J connectivity index is 1.95. The van der Waals surface area contributed by atoms with Crippen molar-refractivity contribution < 1.29 is 5.11 Å². The molecule has 2 N–H and O–H groups in total. The fourth-order valence-corrected chi connectivity index (χ4v) is 2.43. The first-order valence-electron chi connectivity index (χ1n) is 4.87. The predicted molar refractivity (Wildman–Crippen MR) is 50.4 cm³/mol. The van der Waals surface area contributed by atoms with Crippen molar-refractivity contribution in [1.82, 2.24) is 5.32 Å². The number of aromatic hydroxyl groups is 1. The van der Waals surface area contributed by atoms with Crippen LogP contribution in [0.25, 0.3) is 0 Å². The van der Waals surface area contributed by atoms with Gasteiger partial charge < -0.3 is 10.4 Å². The smallest absolute Gasteiger partial charge is 0.120 e. The molecule has 13 heavy (non-hydrogen) atoms. The molecule has 1 aromatic rings. The third-order valence-electron chi connectivity index (χ3n) is 3.28. The summed E-state index contributed by atoms with van der Waals surface area (Å²) in [6.07, 6.45) is 1.34. The van der Waals surface area contributed by atoms with E-state index in [9.17, 15) is 5.11 Å². The average molecular weight is 175 g/mol. The van der Waals surface area contributed by atoms with E-state index >= 15 is 0 Å². The van der Waals surface area contributed by atoms with Crippen molar-refractivity contribution in [3.63, 3.8) is 0 Å². The quantitative estimate of drug-likeness (QED) is 0.680. The van der Waals surface area contributed by atoms with Gasteiger partial charge in [0.25, 0.3) is 0 Å². The van der Waals surface area contributed by atoms with Gasteiger partial charge in [0.15, 0.2) is 0 Å². The summed E-state index contributed by atoms with van der Waals surface area (Å²) in [6, 6.07) is 8.07. The number of phenols is 1. The van der Waals surface area contributed by atoms with Crippen LogP contribution < -0.4 is 5.32 Å². The maximum Gasteiger partial charge on any atom is 0.120 e. The molecular weight excluding hydrogens is 162 g/mol. The summed E-state index contributed by atoms with van der Waals surface area (Å²) in [5, 5.41) is 13.1. The van der Waals surface area contributed by atoms with E-state index in [4.69, 9.17) is 0 Å². The molecule has 2 aliphatic rings. The number of hydrogen-bond donors (Lipinski definition) is 2. The van der Waals surface area contributed by atoms with Gasteiger partial charge in [-0.1, -0.05) is 18.2 Å². The third kappa shape index (κ3) is 1.05. The summed E-state index contributed by atoms with van der Waals surface area (Å²) >= 11 is 0. The highest BCUT2D eigenvalue weighted by atomic mass is 16.3. The Morgan fingerprint density at radius 3 is 2.77 bits per heavy atom. The molecule has 0 aromatic heterocycles. The van der Waals surface area contributed by atoms with Gasteiger partial charge in [0, 0.05) is 11.6 Å². The van der Waals surface area contributed by atoms with Gasteiger partial charge >= 0.3 is 0 Å². The van der Waals surface area contributed by atoms with E-state index in [2.05, 4.69) is 5.32 Å². The topological polar surface area (TPSA) is 32.3 Å². The highest BCUT2D eigenvalue weighted by Gasteiger charge is 2.48. The van der Waals surface area contributed by atoms with E-state index < -0.39 is 0 Å². The number of phenolic OH excluding ortho intramolecular Hbond substituents is 1. The average Bonchev–Trinajstić information content (AvgIpc) is 2.81. The van der Waals surface area contributed by atoms with Crippen LogP contribution >= 0.6 is 0 Å². The van der Waals surface area contributed by atoms with E-state index in [-0.39, 0.29) is 0 Å². The number of para-hydroxylation sites is 1. The van der Waals surface area contributed by atoms with Crippen LogP contribution in [0.3, 0.4) is 0 Å². The van der Waals surface area contributed by atoms with Gasteiger partial charge in [-0.25, -0.2) is 0 Å². The molecule has 2 fully saturated rings. The fraction of sp³-hybridized carbons (Fsp3) is 0.455. The molecule has 0 radical (unpaired) electrons. The monoisotopic (exact) mass is 175 g/mol. The van der Waals surface area contributed by atoms with Crippen molar-refractivity contribution in [3.8, 4) is 5.75 Å². The molecule has 1 aliphatic carbocycles. The largest absolute Gasteiger partial charge is 0.508 e. The van der Waals surface area contributed by atoms with E-state index in [1.807, 2.05) is 18.2 Å². The van der Waals surface area contributed by atoms with Gasteiger partial charge in [-0.3, -0.25) is 0 Å². The van der Waals surface area contributed by atoms with E-state index in [0.29, 0.717) is 11.8 Å². The summed E-state index contributed by atoms with van der Waals surface area (Å²) in [6.45, 7) is 1.13. The Morgan fingerprint density at radius 1 is 1.31 bits per heavy atom. The Labute approximate surface area is 77.6 Å². The van der Waals surface area contributed by atoms with E-state index in [1.54, 1.807) is 6.07 Å². The van der Waals surface area contributed by atoms with Crippen LogP contribution in [0.2, 0.25) is 0 Å².